The molecule has 21 heavy (non-hydrogen) atoms. The van der Waals surface area contributed by atoms with E-state index in [1.807, 2.05) is 30.3 Å². The van der Waals surface area contributed by atoms with Crippen LogP contribution in [0.25, 0.3) is 10.9 Å². The fraction of sp³-hybridized carbons (Fsp3) is 0.188. The van der Waals surface area contributed by atoms with Gasteiger partial charge in [-0.3, -0.25) is 5.10 Å². The molecule has 0 saturated carbocycles. The van der Waals surface area contributed by atoms with Crippen molar-refractivity contribution in [2.75, 3.05) is 12.4 Å². The number of anilines is 1. The van der Waals surface area contributed by atoms with E-state index in [9.17, 15) is 5.11 Å². The minimum Gasteiger partial charge on any atom is -0.504 e. The summed E-state index contributed by atoms with van der Waals surface area (Å²) in [7, 11) is 1.54. The van der Waals surface area contributed by atoms with Gasteiger partial charge < -0.3 is 15.2 Å². The Morgan fingerprint density at radius 1 is 1.29 bits per heavy atom. The molecular weight excluding hydrogens is 266 g/mol. The van der Waals surface area contributed by atoms with Gasteiger partial charge in [-0.05, 0) is 30.7 Å². The third kappa shape index (κ3) is 2.50. The number of benzene rings is 2. The van der Waals surface area contributed by atoms with Gasteiger partial charge in [0.15, 0.2) is 11.5 Å². The van der Waals surface area contributed by atoms with Crippen molar-refractivity contribution in [3.05, 3.63) is 48.2 Å². The second kappa shape index (κ2) is 5.36. The molecule has 1 heterocycles. The fourth-order valence-electron chi connectivity index (χ4n) is 2.37. The number of nitrogens with zero attached hydrogens (tertiary/aromatic N) is 1. The van der Waals surface area contributed by atoms with E-state index < -0.39 is 0 Å². The van der Waals surface area contributed by atoms with E-state index >= 15 is 0 Å². The Hall–Kier alpha value is -2.69. The number of nitrogens with one attached hydrogen (secondary N) is 2. The summed E-state index contributed by atoms with van der Waals surface area (Å²) in [5.41, 5.74) is 3.00. The summed E-state index contributed by atoms with van der Waals surface area (Å²) >= 11 is 0. The summed E-state index contributed by atoms with van der Waals surface area (Å²) in [5.74, 6) is 0.616. The first-order valence-corrected chi connectivity index (χ1v) is 6.74. The topological polar surface area (TPSA) is 70.2 Å². The normalized spacial score (nSPS) is 12.3. The van der Waals surface area contributed by atoms with Crippen molar-refractivity contribution in [2.24, 2.45) is 0 Å². The summed E-state index contributed by atoms with van der Waals surface area (Å²) in [6.45, 7) is 2.06. The van der Waals surface area contributed by atoms with Gasteiger partial charge >= 0.3 is 0 Å². The van der Waals surface area contributed by atoms with Crippen molar-refractivity contribution >= 4 is 16.6 Å². The number of phenolic OH excluding ortho intramolecular Hbond substituents is 1. The summed E-state index contributed by atoms with van der Waals surface area (Å²) in [4.78, 5) is 0. The Labute approximate surface area is 122 Å². The Bertz CT molecular complexity index is 767. The van der Waals surface area contributed by atoms with Crippen LogP contribution in [0.1, 0.15) is 18.5 Å². The number of ether oxygens (including phenoxy) is 1. The number of phenols is 1. The molecule has 2 aromatic carbocycles. The van der Waals surface area contributed by atoms with Gasteiger partial charge in [0.05, 0.1) is 24.5 Å². The smallest absolute Gasteiger partial charge is 0.160 e. The summed E-state index contributed by atoms with van der Waals surface area (Å²) in [6.07, 6.45) is 1.80. The maximum Gasteiger partial charge on any atom is 0.160 e. The number of aromatic amines is 1. The predicted octanol–water partition coefficient (Wildman–Crippen LogP) is 3.45. The molecule has 1 aromatic heterocycles. The zero-order valence-corrected chi connectivity index (χ0v) is 11.9. The molecule has 3 N–H and O–H groups in total. The van der Waals surface area contributed by atoms with Crippen LogP contribution < -0.4 is 10.1 Å². The van der Waals surface area contributed by atoms with Crippen molar-refractivity contribution in [1.29, 1.82) is 0 Å². The molecule has 1 atom stereocenters. The van der Waals surface area contributed by atoms with Gasteiger partial charge in [0, 0.05) is 11.4 Å². The number of aromatic hydroxyl groups is 1. The largest absolute Gasteiger partial charge is 0.504 e. The zero-order chi connectivity index (χ0) is 14.8. The molecule has 0 radical (unpaired) electrons. The number of hydrogen-bond donors (Lipinski definition) is 3. The van der Waals surface area contributed by atoms with Gasteiger partial charge in [0.2, 0.25) is 0 Å². The number of aromatic nitrogens is 2. The van der Waals surface area contributed by atoms with Crippen molar-refractivity contribution in [2.45, 2.75) is 13.0 Å². The third-order valence-electron chi connectivity index (χ3n) is 3.55. The number of H-pyrrole nitrogens is 1. The number of methoxy groups -OCH3 is 1. The molecule has 0 saturated heterocycles. The quantitative estimate of drug-likeness (QED) is 0.686. The van der Waals surface area contributed by atoms with Crippen molar-refractivity contribution < 1.29 is 9.84 Å². The van der Waals surface area contributed by atoms with Crippen molar-refractivity contribution in [3.8, 4) is 11.5 Å². The van der Waals surface area contributed by atoms with Gasteiger partial charge in [0.25, 0.3) is 0 Å². The molecule has 5 nitrogen and oxygen atoms in total. The van der Waals surface area contributed by atoms with Crippen LogP contribution in [-0.2, 0) is 0 Å². The summed E-state index contributed by atoms with van der Waals surface area (Å²) in [6, 6.07) is 11.4. The van der Waals surface area contributed by atoms with E-state index in [4.69, 9.17) is 4.74 Å². The second-order valence-electron chi connectivity index (χ2n) is 4.94. The average molecular weight is 283 g/mol. The van der Waals surface area contributed by atoms with Crippen LogP contribution in [0.5, 0.6) is 11.5 Å². The highest BCUT2D eigenvalue weighted by molar-refractivity contribution is 5.90. The molecule has 0 spiro atoms. The average Bonchev–Trinajstić information content (AvgIpc) is 2.97. The lowest BCUT2D eigenvalue weighted by atomic mass is 10.1. The maximum absolute atomic E-state index is 9.66. The van der Waals surface area contributed by atoms with Gasteiger partial charge in [-0.2, -0.15) is 5.10 Å². The first-order valence-electron chi connectivity index (χ1n) is 6.74. The number of para-hydroxylation sites is 1. The third-order valence-corrected chi connectivity index (χ3v) is 3.55. The molecule has 3 rings (SSSR count). The molecule has 0 aliphatic heterocycles. The van der Waals surface area contributed by atoms with Crippen LogP contribution >= 0.6 is 0 Å². The van der Waals surface area contributed by atoms with E-state index in [-0.39, 0.29) is 11.8 Å². The molecule has 0 aliphatic rings. The first kappa shape index (κ1) is 13.3. The van der Waals surface area contributed by atoms with Crippen molar-refractivity contribution in [3.63, 3.8) is 0 Å². The van der Waals surface area contributed by atoms with E-state index in [1.54, 1.807) is 19.4 Å². The molecule has 0 fully saturated rings. The summed E-state index contributed by atoms with van der Waals surface area (Å²) in [5, 5.41) is 21.2. The van der Waals surface area contributed by atoms with Crippen LogP contribution in [0.3, 0.4) is 0 Å². The number of rotatable bonds is 4. The van der Waals surface area contributed by atoms with Gasteiger partial charge in [0.1, 0.15) is 0 Å². The van der Waals surface area contributed by atoms with E-state index in [0.29, 0.717) is 5.75 Å². The molecule has 0 amide bonds. The highest BCUT2D eigenvalue weighted by Crippen LogP contribution is 2.31. The molecule has 0 aliphatic carbocycles. The Kier molecular flexibility index (Phi) is 3.39. The van der Waals surface area contributed by atoms with E-state index in [1.165, 1.54) is 0 Å². The summed E-state index contributed by atoms with van der Waals surface area (Å²) < 4.78 is 5.15. The van der Waals surface area contributed by atoms with Crippen LogP contribution in [0.2, 0.25) is 0 Å². The minimum atomic E-state index is 0.0633. The standard InChI is InChI=1S/C16H17N3O2/c1-10(11-6-7-14(20)15(8-11)21-2)18-13-5-3-4-12-9-17-19-16(12)13/h3-10,18,20H,1-2H3,(H,17,19). The fourth-order valence-corrected chi connectivity index (χ4v) is 2.37. The lowest BCUT2D eigenvalue weighted by Crippen LogP contribution is -2.07. The van der Waals surface area contributed by atoms with Gasteiger partial charge in [-0.15, -0.1) is 0 Å². The molecule has 108 valence electrons. The van der Waals surface area contributed by atoms with Gasteiger partial charge in [-0.1, -0.05) is 18.2 Å². The highest BCUT2D eigenvalue weighted by atomic mass is 16.5. The van der Waals surface area contributed by atoms with Crippen LogP contribution in [-0.4, -0.2) is 22.4 Å². The van der Waals surface area contributed by atoms with E-state index in [2.05, 4.69) is 22.4 Å². The zero-order valence-electron chi connectivity index (χ0n) is 11.9. The van der Waals surface area contributed by atoms with E-state index in [0.717, 1.165) is 22.2 Å². The maximum atomic E-state index is 9.66. The Balaban J connectivity index is 1.89. The lowest BCUT2D eigenvalue weighted by Gasteiger charge is -2.17. The molecule has 1 unspecified atom stereocenters. The monoisotopic (exact) mass is 283 g/mol. The lowest BCUT2D eigenvalue weighted by molar-refractivity contribution is 0.373. The first-order chi connectivity index (χ1) is 10.2. The molecule has 5 heteroatoms. The van der Waals surface area contributed by atoms with Crippen LogP contribution in [0.15, 0.2) is 42.6 Å². The van der Waals surface area contributed by atoms with Crippen molar-refractivity contribution in [1.82, 2.24) is 10.2 Å². The predicted molar refractivity (Wildman–Crippen MR) is 82.8 cm³/mol. The molecule has 3 aromatic rings. The Morgan fingerprint density at radius 3 is 2.95 bits per heavy atom. The van der Waals surface area contributed by atoms with Crippen LogP contribution in [0, 0.1) is 0 Å². The van der Waals surface area contributed by atoms with Crippen LogP contribution in [0.4, 0.5) is 5.69 Å². The Morgan fingerprint density at radius 2 is 2.14 bits per heavy atom. The molecular formula is C16H17N3O2. The minimum absolute atomic E-state index is 0.0633. The number of hydrogen-bond acceptors (Lipinski definition) is 4. The van der Waals surface area contributed by atoms with Gasteiger partial charge in [-0.25, -0.2) is 0 Å². The number of fused-ring (bicyclic) bond motifs is 1. The molecule has 0 bridgehead atoms. The highest BCUT2D eigenvalue weighted by Gasteiger charge is 2.11. The second-order valence-corrected chi connectivity index (χ2v) is 4.94. The SMILES string of the molecule is COc1cc(C(C)Nc2cccc3cn[nH]c23)ccc1O.